The first-order valence-electron chi connectivity index (χ1n) is 9.12. The second-order valence-corrected chi connectivity index (χ2v) is 6.60. The van der Waals surface area contributed by atoms with E-state index in [1.807, 2.05) is 30.3 Å². The molecule has 0 unspecified atom stereocenters. The molecule has 0 aliphatic carbocycles. The van der Waals surface area contributed by atoms with Crippen LogP contribution < -0.4 is 10.1 Å². The van der Waals surface area contributed by atoms with Crippen LogP contribution >= 0.6 is 11.6 Å². The predicted molar refractivity (Wildman–Crippen MR) is 111 cm³/mol. The van der Waals surface area contributed by atoms with Crippen LogP contribution in [0.15, 0.2) is 42.5 Å². The molecule has 146 valence electrons. The third-order valence-electron chi connectivity index (χ3n) is 4.41. The van der Waals surface area contributed by atoms with Gasteiger partial charge in [0, 0.05) is 28.4 Å². The van der Waals surface area contributed by atoms with Gasteiger partial charge in [0.15, 0.2) is 0 Å². The molecule has 0 spiro atoms. The largest absolute Gasteiger partial charge is 0.496 e. The fourth-order valence-corrected chi connectivity index (χ4v) is 2.92. The maximum absolute atomic E-state index is 5.90. The summed E-state index contributed by atoms with van der Waals surface area (Å²) in [7, 11) is 1.68. The van der Waals surface area contributed by atoms with Crippen molar-refractivity contribution >= 4 is 23.2 Å². The summed E-state index contributed by atoms with van der Waals surface area (Å²) in [5.41, 5.74) is 2.75. The standard InChI is InChI=1S/C20H23ClN6O/c1-4-27(5-2)13-15-12-17(10-11-18(15)28-3)22-20-25-23-19(24-26-20)14-6-8-16(21)9-7-14/h6-12H,4-5,13H2,1-3H3,(H,22,25,26). The van der Waals surface area contributed by atoms with Crippen LogP contribution in [0.1, 0.15) is 19.4 Å². The average Bonchev–Trinajstić information content (AvgIpc) is 2.73. The monoisotopic (exact) mass is 398 g/mol. The molecule has 28 heavy (non-hydrogen) atoms. The van der Waals surface area contributed by atoms with E-state index in [2.05, 4.69) is 44.5 Å². The zero-order chi connectivity index (χ0) is 19.9. The summed E-state index contributed by atoms with van der Waals surface area (Å²) in [6.45, 7) is 7.04. The summed E-state index contributed by atoms with van der Waals surface area (Å²) in [5.74, 6) is 1.63. The fraction of sp³-hybridized carbons (Fsp3) is 0.300. The summed E-state index contributed by atoms with van der Waals surface area (Å²) in [5, 5.41) is 20.4. The van der Waals surface area contributed by atoms with E-state index in [1.165, 1.54) is 0 Å². The third-order valence-corrected chi connectivity index (χ3v) is 4.66. The number of aromatic nitrogens is 4. The Bertz CT molecular complexity index is 898. The van der Waals surface area contributed by atoms with Crippen molar-refractivity contribution in [1.29, 1.82) is 0 Å². The van der Waals surface area contributed by atoms with Crippen LogP contribution in [-0.4, -0.2) is 45.5 Å². The highest BCUT2D eigenvalue weighted by Crippen LogP contribution is 2.25. The lowest BCUT2D eigenvalue weighted by atomic mass is 10.1. The van der Waals surface area contributed by atoms with Gasteiger partial charge in [0.2, 0.25) is 5.82 Å². The maximum atomic E-state index is 5.90. The predicted octanol–water partition coefficient (Wildman–Crippen LogP) is 4.18. The van der Waals surface area contributed by atoms with Gasteiger partial charge in [-0.15, -0.1) is 20.4 Å². The number of hydrogen-bond acceptors (Lipinski definition) is 7. The molecule has 1 N–H and O–H groups in total. The molecule has 0 fully saturated rings. The molecule has 0 saturated heterocycles. The van der Waals surface area contributed by atoms with Crippen molar-refractivity contribution in [3.8, 4) is 17.1 Å². The summed E-state index contributed by atoms with van der Waals surface area (Å²) in [6.07, 6.45) is 0. The molecule has 0 saturated carbocycles. The van der Waals surface area contributed by atoms with Crippen molar-refractivity contribution in [2.75, 3.05) is 25.5 Å². The van der Waals surface area contributed by atoms with Gasteiger partial charge in [-0.25, -0.2) is 0 Å². The van der Waals surface area contributed by atoms with Crippen LogP contribution in [0.2, 0.25) is 5.02 Å². The van der Waals surface area contributed by atoms with Gasteiger partial charge in [0.05, 0.1) is 7.11 Å². The number of ether oxygens (including phenoxy) is 1. The Balaban J connectivity index is 1.76. The Morgan fingerprint density at radius 1 is 0.964 bits per heavy atom. The molecule has 0 radical (unpaired) electrons. The van der Waals surface area contributed by atoms with E-state index < -0.39 is 0 Å². The van der Waals surface area contributed by atoms with Crippen LogP contribution in [0.3, 0.4) is 0 Å². The highest BCUT2D eigenvalue weighted by Gasteiger charge is 2.10. The molecule has 3 aromatic rings. The minimum absolute atomic E-state index is 0.330. The molecule has 0 aliphatic rings. The van der Waals surface area contributed by atoms with Crippen LogP contribution in [0.25, 0.3) is 11.4 Å². The lowest BCUT2D eigenvalue weighted by molar-refractivity contribution is 0.289. The van der Waals surface area contributed by atoms with Gasteiger partial charge in [-0.3, -0.25) is 4.90 Å². The van der Waals surface area contributed by atoms with Crippen LogP contribution in [0, 0.1) is 0 Å². The number of nitrogens with zero attached hydrogens (tertiary/aromatic N) is 5. The van der Waals surface area contributed by atoms with E-state index in [0.717, 1.165) is 42.2 Å². The van der Waals surface area contributed by atoms with Gasteiger partial charge in [-0.2, -0.15) is 0 Å². The number of nitrogens with one attached hydrogen (secondary N) is 1. The number of anilines is 2. The molecular weight excluding hydrogens is 376 g/mol. The molecule has 7 nitrogen and oxygen atoms in total. The van der Waals surface area contributed by atoms with Gasteiger partial charge in [0.1, 0.15) is 5.75 Å². The van der Waals surface area contributed by atoms with E-state index in [-0.39, 0.29) is 0 Å². The van der Waals surface area contributed by atoms with Crippen molar-refractivity contribution in [1.82, 2.24) is 25.3 Å². The van der Waals surface area contributed by atoms with Crippen molar-refractivity contribution < 1.29 is 4.74 Å². The Hall–Kier alpha value is -2.77. The summed E-state index contributed by atoms with van der Waals surface area (Å²) in [4.78, 5) is 2.32. The molecule has 0 atom stereocenters. The van der Waals surface area contributed by atoms with Crippen molar-refractivity contribution in [2.24, 2.45) is 0 Å². The topological polar surface area (TPSA) is 76.1 Å². The number of rotatable bonds is 8. The Morgan fingerprint density at radius 2 is 1.64 bits per heavy atom. The highest BCUT2D eigenvalue weighted by atomic mass is 35.5. The van der Waals surface area contributed by atoms with Gasteiger partial charge in [0.25, 0.3) is 5.95 Å². The van der Waals surface area contributed by atoms with E-state index in [0.29, 0.717) is 16.8 Å². The van der Waals surface area contributed by atoms with E-state index >= 15 is 0 Å². The van der Waals surface area contributed by atoms with E-state index in [9.17, 15) is 0 Å². The molecule has 1 heterocycles. The lowest BCUT2D eigenvalue weighted by Crippen LogP contribution is -2.22. The van der Waals surface area contributed by atoms with Crippen molar-refractivity contribution in [3.63, 3.8) is 0 Å². The van der Waals surface area contributed by atoms with Crippen molar-refractivity contribution in [3.05, 3.63) is 53.1 Å². The molecular formula is C20H23ClN6O. The average molecular weight is 399 g/mol. The first-order chi connectivity index (χ1) is 13.6. The number of halogens is 1. The Labute approximate surface area is 169 Å². The quantitative estimate of drug-likeness (QED) is 0.609. The molecule has 8 heteroatoms. The van der Waals surface area contributed by atoms with Gasteiger partial charge in [-0.05, 0) is 55.6 Å². The zero-order valence-electron chi connectivity index (χ0n) is 16.2. The molecule has 2 aromatic carbocycles. The van der Waals surface area contributed by atoms with Gasteiger partial charge < -0.3 is 10.1 Å². The number of hydrogen-bond donors (Lipinski definition) is 1. The van der Waals surface area contributed by atoms with Gasteiger partial charge >= 0.3 is 0 Å². The first-order valence-corrected chi connectivity index (χ1v) is 9.50. The third kappa shape index (κ3) is 4.94. The second-order valence-electron chi connectivity index (χ2n) is 6.17. The normalized spacial score (nSPS) is 10.9. The minimum atomic E-state index is 0.330. The summed E-state index contributed by atoms with van der Waals surface area (Å²) >= 11 is 5.90. The Kier molecular flexibility index (Phi) is 6.73. The lowest BCUT2D eigenvalue weighted by Gasteiger charge is -2.20. The zero-order valence-corrected chi connectivity index (χ0v) is 16.9. The second kappa shape index (κ2) is 9.43. The summed E-state index contributed by atoms with van der Waals surface area (Å²) < 4.78 is 5.49. The summed E-state index contributed by atoms with van der Waals surface area (Å²) in [6, 6.07) is 13.1. The molecule has 3 rings (SSSR count). The smallest absolute Gasteiger partial charge is 0.266 e. The molecule has 1 aromatic heterocycles. The van der Waals surface area contributed by atoms with Crippen molar-refractivity contribution in [2.45, 2.75) is 20.4 Å². The highest BCUT2D eigenvalue weighted by molar-refractivity contribution is 6.30. The van der Waals surface area contributed by atoms with Crippen LogP contribution in [0.5, 0.6) is 5.75 Å². The van der Waals surface area contributed by atoms with E-state index in [4.69, 9.17) is 16.3 Å². The molecule has 0 bridgehead atoms. The van der Waals surface area contributed by atoms with Crippen LogP contribution in [0.4, 0.5) is 11.6 Å². The Morgan fingerprint density at radius 3 is 2.25 bits per heavy atom. The maximum Gasteiger partial charge on any atom is 0.266 e. The minimum Gasteiger partial charge on any atom is -0.496 e. The number of methoxy groups -OCH3 is 1. The number of benzene rings is 2. The van der Waals surface area contributed by atoms with Crippen LogP contribution in [-0.2, 0) is 6.54 Å². The fourth-order valence-electron chi connectivity index (χ4n) is 2.79. The molecule has 0 aliphatic heterocycles. The first kappa shape index (κ1) is 20.0. The van der Waals surface area contributed by atoms with Gasteiger partial charge in [-0.1, -0.05) is 25.4 Å². The van der Waals surface area contributed by atoms with E-state index in [1.54, 1.807) is 19.2 Å². The SMILES string of the molecule is CCN(CC)Cc1cc(Nc2nnc(-c3ccc(Cl)cc3)nn2)ccc1OC. The molecule has 0 amide bonds.